The molecule has 0 atom stereocenters. The van der Waals surface area contributed by atoms with Gasteiger partial charge in [-0.1, -0.05) is 129 Å². The van der Waals surface area contributed by atoms with E-state index in [-0.39, 0.29) is 5.41 Å². The van der Waals surface area contributed by atoms with E-state index in [9.17, 15) is 0 Å². The first-order chi connectivity index (χ1) is 23.5. The molecule has 0 spiro atoms. The largest absolute Gasteiger partial charge is 0.456 e. The Morgan fingerprint density at radius 2 is 1.10 bits per heavy atom. The van der Waals surface area contributed by atoms with Gasteiger partial charge in [-0.15, -0.1) is 0 Å². The molecule has 48 heavy (non-hydrogen) atoms. The minimum atomic E-state index is -0.121. The molecule has 9 aromatic carbocycles. The fraction of sp³-hybridized carbons (Fsp3) is 0.0638. The zero-order valence-electron chi connectivity index (χ0n) is 26.8. The van der Waals surface area contributed by atoms with Gasteiger partial charge in [-0.05, 0) is 118 Å². The van der Waals surface area contributed by atoms with Gasteiger partial charge in [-0.25, -0.2) is 0 Å². The van der Waals surface area contributed by atoms with Crippen LogP contribution in [0.1, 0.15) is 25.0 Å². The van der Waals surface area contributed by atoms with Gasteiger partial charge in [0.05, 0.1) is 0 Å². The number of benzene rings is 9. The third-order valence-corrected chi connectivity index (χ3v) is 11.2. The van der Waals surface area contributed by atoms with E-state index >= 15 is 0 Å². The van der Waals surface area contributed by atoms with Crippen molar-refractivity contribution in [3.63, 3.8) is 0 Å². The van der Waals surface area contributed by atoms with Gasteiger partial charge in [0.1, 0.15) is 11.2 Å². The second-order valence-corrected chi connectivity index (χ2v) is 14.1. The lowest BCUT2D eigenvalue weighted by atomic mass is 9.80. The monoisotopic (exact) mass is 610 g/mol. The lowest BCUT2D eigenvalue weighted by Gasteiger charge is -2.23. The van der Waals surface area contributed by atoms with Crippen LogP contribution in [-0.2, 0) is 5.41 Å². The molecule has 0 fully saturated rings. The number of furan rings is 1. The minimum Gasteiger partial charge on any atom is -0.456 e. The number of rotatable bonds is 2. The second-order valence-electron chi connectivity index (χ2n) is 14.1. The summed E-state index contributed by atoms with van der Waals surface area (Å²) in [5, 5.41) is 12.8. The summed E-state index contributed by atoms with van der Waals surface area (Å²) in [6, 6.07) is 54.1. The topological polar surface area (TPSA) is 13.1 Å². The molecule has 0 amide bonds. The van der Waals surface area contributed by atoms with E-state index in [1.807, 2.05) is 6.07 Å². The molecule has 0 saturated carbocycles. The average molecular weight is 611 g/mol. The Balaban J connectivity index is 1.21. The fourth-order valence-corrected chi connectivity index (χ4v) is 8.91. The summed E-state index contributed by atoms with van der Waals surface area (Å²) in [5.74, 6) is 0. The molecule has 0 N–H and O–H groups in total. The van der Waals surface area contributed by atoms with Crippen molar-refractivity contribution in [3.05, 3.63) is 157 Å². The molecule has 0 unspecified atom stereocenters. The van der Waals surface area contributed by atoms with E-state index in [2.05, 4.69) is 153 Å². The quantitative estimate of drug-likeness (QED) is 0.178. The van der Waals surface area contributed by atoms with Gasteiger partial charge in [0.15, 0.2) is 0 Å². The van der Waals surface area contributed by atoms with Crippen LogP contribution in [0.25, 0.3) is 98.4 Å². The molecule has 1 heteroatoms. The van der Waals surface area contributed by atoms with E-state index in [0.717, 1.165) is 21.9 Å². The number of para-hydroxylation sites is 1. The molecular formula is C47H30O. The van der Waals surface area contributed by atoms with Gasteiger partial charge in [0.2, 0.25) is 0 Å². The first kappa shape index (κ1) is 26.2. The van der Waals surface area contributed by atoms with E-state index in [0.29, 0.717) is 0 Å². The Morgan fingerprint density at radius 3 is 2.00 bits per heavy atom. The summed E-state index contributed by atoms with van der Waals surface area (Å²) in [4.78, 5) is 0. The van der Waals surface area contributed by atoms with E-state index < -0.39 is 0 Å². The molecule has 11 rings (SSSR count). The van der Waals surface area contributed by atoms with Crippen LogP contribution in [-0.4, -0.2) is 0 Å². The highest BCUT2D eigenvalue weighted by Crippen LogP contribution is 2.55. The van der Waals surface area contributed by atoms with E-state index in [1.54, 1.807) is 0 Å². The van der Waals surface area contributed by atoms with Gasteiger partial charge in [-0.2, -0.15) is 0 Å². The summed E-state index contributed by atoms with van der Waals surface area (Å²) in [6.45, 7) is 4.76. The molecule has 224 valence electrons. The maximum atomic E-state index is 6.26. The average Bonchev–Trinajstić information content (AvgIpc) is 3.61. The van der Waals surface area contributed by atoms with Gasteiger partial charge >= 0.3 is 0 Å². The molecule has 0 aliphatic heterocycles. The zero-order chi connectivity index (χ0) is 31.7. The molecule has 1 aromatic heterocycles. The predicted molar refractivity (Wildman–Crippen MR) is 203 cm³/mol. The predicted octanol–water partition coefficient (Wildman–Crippen LogP) is 13.3. The van der Waals surface area contributed by atoms with Crippen LogP contribution in [0.15, 0.2) is 150 Å². The Morgan fingerprint density at radius 1 is 0.396 bits per heavy atom. The van der Waals surface area contributed by atoms with Crippen LogP contribution in [0, 0.1) is 0 Å². The summed E-state index contributed by atoms with van der Waals surface area (Å²) in [5.41, 5.74) is 12.2. The Kier molecular flexibility index (Phi) is 4.97. The van der Waals surface area contributed by atoms with Gasteiger partial charge in [0.25, 0.3) is 0 Å². The summed E-state index contributed by atoms with van der Waals surface area (Å²) >= 11 is 0. The Labute approximate surface area is 278 Å². The van der Waals surface area contributed by atoms with E-state index in [1.165, 1.54) is 87.6 Å². The second kappa shape index (κ2) is 9.12. The molecule has 1 aliphatic rings. The highest BCUT2D eigenvalue weighted by Gasteiger charge is 2.37. The van der Waals surface area contributed by atoms with Crippen LogP contribution in [0.3, 0.4) is 0 Å². The molecule has 0 bridgehead atoms. The molecule has 0 radical (unpaired) electrons. The van der Waals surface area contributed by atoms with Crippen molar-refractivity contribution in [2.75, 3.05) is 0 Å². The Bertz CT molecular complexity index is 2960. The zero-order valence-corrected chi connectivity index (χ0v) is 26.8. The molecule has 10 aromatic rings. The first-order valence-corrected chi connectivity index (χ1v) is 16.8. The lowest BCUT2D eigenvalue weighted by molar-refractivity contribution is 0.661. The van der Waals surface area contributed by atoms with Crippen LogP contribution in [0.4, 0.5) is 0 Å². The molecule has 1 heterocycles. The number of hydrogen-bond donors (Lipinski definition) is 0. The van der Waals surface area contributed by atoms with Crippen LogP contribution in [0.5, 0.6) is 0 Å². The summed E-state index contributed by atoms with van der Waals surface area (Å²) in [6.07, 6.45) is 0. The normalized spacial score (nSPS) is 13.8. The van der Waals surface area contributed by atoms with Crippen molar-refractivity contribution < 1.29 is 4.42 Å². The van der Waals surface area contributed by atoms with Gasteiger partial charge in [-0.3, -0.25) is 0 Å². The molecule has 1 aliphatic carbocycles. The highest BCUT2D eigenvalue weighted by molar-refractivity contribution is 6.25. The van der Waals surface area contributed by atoms with Crippen LogP contribution < -0.4 is 0 Å². The van der Waals surface area contributed by atoms with Gasteiger partial charge < -0.3 is 4.42 Å². The van der Waals surface area contributed by atoms with E-state index in [4.69, 9.17) is 4.42 Å². The highest BCUT2D eigenvalue weighted by atomic mass is 16.3. The van der Waals surface area contributed by atoms with Crippen LogP contribution in [0.2, 0.25) is 0 Å². The third kappa shape index (κ3) is 3.35. The smallest absolute Gasteiger partial charge is 0.135 e. The van der Waals surface area contributed by atoms with Crippen molar-refractivity contribution in [3.8, 4) is 33.4 Å². The number of fused-ring (bicyclic) bond motifs is 7. The van der Waals surface area contributed by atoms with Crippen molar-refractivity contribution in [1.29, 1.82) is 0 Å². The molecular weight excluding hydrogens is 581 g/mol. The maximum Gasteiger partial charge on any atom is 0.135 e. The van der Waals surface area contributed by atoms with Crippen molar-refractivity contribution in [2.45, 2.75) is 19.3 Å². The molecule has 0 saturated heterocycles. The maximum absolute atomic E-state index is 6.26. The SMILES string of the molecule is CC1(C)c2ccccc2-c2c1cc1cc(-c3ccc4ccc5cccc6ccc3c4c56)ccc1c2-c1ccc2oc3ccccc3c2c1. The van der Waals surface area contributed by atoms with Crippen molar-refractivity contribution >= 4 is 65.0 Å². The number of hydrogen-bond acceptors (Lipinski definition) is 1. The first-order valence-electron chi connectivity index (χ1n) is 16.8. The lowest BCUT2D eigenvalue weighted by Crippen LogP contribution is -2.15. The minimum absolute atomic E-state index is 0.121. The standard InChI is InChI=1S/C47H30O/c1-47(2)39-12-5-3-11-37(39)46-40(47)26-32-24-30(33-20-16-29-15-14-27-8-7-9-28-17-22-36(33)44(29)43(27)28)18-21-34(32)45(46)31-19-23-42-38(25-31)35-10-4-6-13-41(35)48-42/h3-26H,1-2H3. The summed E-state index contributed by atoms with van der Waals surface area (Å²) in [7, 11) is 0. The van der Waals surface area contributed by atoms with Gasteiger partial charge in [0, 0.05) is 16.2 Å². The third-order valence-electron chi connectivity index (χ3n) is 11.2. The van der Waals surface area contributed by atoms with Crippen LogP contribution >= 0.6 is 0 Å². The van der Waals surface area contributed by atoms with Crippen molar-refractivity contribution in [1.82, 2.24) is 0 Å². The molecule has 1 nitrogen and oxygen atoms in total. The fourth-order valence-electron chi connectivity index (χ4n) is 8.91. The Hall–Kier alpha value is -5.92. The summed E-state index contributed by atoms with van der Waals surface area (Å²) < 4.78 is 6.26. The van der Waals surface area contributed by atoms with Crippen molar-refractivity contribution in [2.24, 2.45) is 0 Å².